The van der Waals surface area contributed by atoms with Crippen LogP contribution in [0.4, 0.5) is 6.01 Å². The van der Waals surface area contributed by atoms with Crippen molar-refractivity contribution in [3.63, 3.8) is 0 Å². The maximum Gasteiger partial charge on any atom is 0.294 e. The Morgan fingerprint density at radius 3 is 2.88 bits per heavy atom. The molecule has 1 aromatic carbocycles. The Morgan fingerprint density at radius 1 is 1.24 bits per heavy atom. The molecule has 3 rings (SSSR count). The quantitative estimate of drug-likeness (QED) is 0.732. The summed E-state index contributed by atoms with van der Waals surface area (Å²) in [4.78, 5) is 8.32. The van der Waals surface area contributed by atoms with E-state index >= 15 is 0 Å². The standard InChI is InChI=1S/C12H11N3O2/c1-7-15-9-4-3-8(5-10(9)16-7)11-6-14-12(13-2)17-11/h3-6H,1-2H3,(H,13,14). The number of hydrogen-bond acceptors (Lipinski definition) is 5. The fourth-order valence-electron chi connectivity index (χ4n) is 1.72. The van der Waals surface area contributed by atoms with Crippen molar-refractivity contribution in [2.75, 3.05) is 12.4 Å². The SMILES string of the molecule is CNc1ncc(-c2ccc3nc(C)oc3c2)o1. The van der Waals surface area contributed by atoms with Crippen molar-refractivity contribution in [3.8, 4) is 11.3 Å². The lowest BCUT2D eigenvalue weighted by Gasteiger charge is -1.95. The molecule has 0 unspecified atom stereocenters. The fraction of sp³-hybridized carbons (Fsp3) is 0.167. The predicted octanol–water partition coefficient (Wildman–Crippen LogP) is 2.83. The number of anilines is 1. The molecular weight excluding hydrogens is 218 g/mol. The molecule has 0 aliphatic rings. The van der Waals surface area contributed by atoms with Crippen molar-refractivity contribution in [3.05, 3.63) is 30.3 Å². The molecule has 0 spiro atoms. The Morgan fingerprint density at radius 2 is 2.12 bits per heavy atom. The smallest absolute Gasteiger partial charge is 0.294 e. The molecule has 2 aromatic heterocycles. The summed E-state index contributed by atoms with van der Waals surface area (Å²) in [5.74, 6) is 1.36. The summed E-state index contributed by atoms with van der Waals surface area (Å²) in [6, 6.07) is 6.23. The third-order valence-corrected chi connectivity index (χ3v) is 2.50. The molecule has 0 aliphatic heterocycles. The lowest BCUT2D eigenvalue weighted by atomic mass is 10.2. The molecule has 0 atom stereocenters. The van der Waals surface area contributed by atoms with Crippen LogP contribution in [-0.4, -0.2) is 17.0 Å². The van der Waals surface area contributed by atoms with Gasteiger partial charge in [0.1, 0.15) is 5.52 Å². The Balaban J connectivity index is 2.10. The van der Waals surface area contributed by atoms with Crippen LogP contribution in [0.2, 0.25) is 0 Å². The lowest BCUT2D eigenvalue weighted by molar-refractivity contribution is 0.560. The highest BCUT2D eigenvalue weighted by atomic mass is 16.4. The number of aryl methyl sites for hydroxylation is 1. The monoisotopic (exact) mass is 229 g/mol. The first-order valence-corrected chi connectivity index (χ1v) is 5.27. The first-order valence-electron chi connectivity index (χ1n) is 5.27. The molecule has 0 fully saturated rings. The van der Waals surface area contributed by atoms with Gasteiger partial charge in [-0.25, -0.2) is 9.97 Å². The first-order chi connectivity index (χ1) is 8.26. The molecule has 17 heavy (non-hydrogen) atoms. The second kappa shape index (κ2) is 3.62. The summed E-state index contributed by atoms with van der Waals surface area (Å²) in [6.07, 6.45) is 1.68. The number of oxazole rings is 2. The van der Waals surface area contributed by atoms with Gasteiger partial charge in [0, 0.05) is 19.5 Å². The van der Waals surface area contributed by atoms with Gasteiger partial charge in [0.15, 0.2) is 17.2 Å². The van der Waals surface area contributed by atoms with Gasteiger partial charge >= 0.3 is 0 Å². The van der Waals surface area contributed by atoms with Gasteiger partial charge in [-0.2, -0.15) is 0 Å². The number of nitrogens with zero attached hydrogens (tertiary/aromatic N) is 2. The topological polar surface area (TPSA) is 64.1 Å². The Bertz CT molecular complexity index is 669. The van der Waals surface area contributed by atoms with E-state index in [1.165, 1.54) is 0 Å². The van der Waals surface area contributed by atoms with Crippen LogP contribution in [0.15, 0.2) is 33.2 Å². The van der Waals surface area contributed by atoms with Crippen LogP contribution in [-0.2, 0) is 0 Å². The van der Waals surface area contributed by atoms with E-state index in [9.17, 15) is 0 Å². The minimum Gasteiger partial charge on any atom is -0.441 e. The minimum absolute atomic E-state index is 0.494. The molecule has 1 N–H and O–H groups in total. The Labute approximate surface area is 97.5 Å². The van der Waals surface area contributed by atoms with E-state index in [0.29, 0.717) is 17.7 Å². The van der Waals surface area contributed by atoms with E-state index < -0.39 is 0 Å². The van der Waals surface area contributed by atoms with E-state index in [1.54, 1.807) is 13.2 Å². The number of aromatic nitrogens is 2. The van der Waals surface area contributed by atoms with Gasteiger partial charge in [-0.3, -0.25) is 0 Å². The van der Waals surface area contributed by atoms with E-state index in [0.717, 1.165) is 16.7 Å². The third kappa shape index (κ3) is 1.65. The second-order valence-corrected chi connectivity index (χ2v) is 3.70. The van der Waals surface area contributed by atoms with Gasteiger partial charge in [-0.15, -0.1) is 0 Å². The van der Waals surface area contributed by atoms with Gasteiger partial charge in [0.25, 0.3) is 6.01 Å². The van der Waals surface area contributed by atoms with Crippen LogP contribution >= 0.6 is 0 Å². The number of hydrogen-bond donors (Lipinski definition) is 1. The van der Waals surface area contributed by atoms with Crippen LogP contribution in [0.3, 0.4) is 0 Å². The van der Waals surface area contributed by atoms with Crippen LogP contribution in [0.5, 0.6) is 0 Å². The molecule has 0 aliphatic carbocycles. The normalized spacial score (nSPS) is 10.9. The summed E-state index contributed by atoms with van der Waals surface area (Å²) in [5, 5.41) is 2.84. The molecule has 0 amide bonds. The Kier molecular flexibility index (Phi) is 2.11. The summed E-state index contributed by atoms with van der Waals surface area (Å²) in [6.45, 7) is 1.83. The van der Waals surface area contributed by atoms with Gasteiger partial charge in [-0.1, -0.05) is 0 Å². The van der Waals surface area contributed by atoms with Gasteiger partial charge in [0.2, 0.25) is 0 Å². The maximum atomic E-state index is 5.49. The van der Waals surface area contributed by atoms with Crippen molar-refractivity contribution in [2.24, 2.45) is 0 Å². The van der Waals surface area contributed by atoms with Crippen molar-refractivity contribution >= 4 is 17.1 Å². The maximum absolute atomic E-state index is 5.49. The zero-order chi connectivity index (χ0) is 11.8. The van der Waals surface area contributed by atoms with Gasteiger partial charge in [0.05, 0.1) is 6.20 Å². The molecule has 0 saturated carbocycles. The van der Waals surface area contributed by atoms with Gasteiger partial charge in [-0.05, 0) is 18.2 Å². The molecule has 5 nitrogen and oxygen atoms in total. The molecule has 2 heterocycles. The summed E-state index contributed by atoms with van der Waals surface area (Å²) in [7, 11) is 1.76. The molecule has 0 saturated heterocycles. The molecular formula is C12H11N3O2. The van der Waals surface area contributed by atoms with Crippen LogP contribution in [0.25, 0.3) is 22.4 Å². The molecule has 5 heteroatoms. The van der Waals surface area contributed by atoms with E-state index in [-0.39, 0.29) is 0 Å². The van der Waals surface area contributed by atoms with E-state index in [4.69, 9.17) is 8.83 Å². The number of rotatable bonds is 2. The predicted molar refractivity (Wildman–Crippen MR) is 63.8 cm³/mol. The van der Waals surface area contributed by atoms with Crippen molar-refractivity contribution in [1.29, 1.82) is 0 Å². The zero-order valence-electron chi connectivity index (χ0n) is 9.52. The van der Waals surface area contributed by atoms with E-state index in [1.807, 2.05) is 25.1 Å². The summed E-state index contributed by atoms with van der Waals surface area (Å²) < 4.78 is 11.0. The first kappa shape index (κ1) is 9.89. The average molecular weight is 229 g/mol. The average Bonchev–Trinajstić information content (AvgIpc) is 2.92. The third-order valence-electron chi connectivity index (χ3n) is 2.50. The van der Waals surface area contributed by atoms with Crippen molar-refractivity contribution < 1.29 is 8.83 Å². The molecule has 3 aromatic rings. The fourth-order valence-corrected chi connectivity index (χ4v) is 1.72. The minimum atomic E-state index is 0.494. The number of nitrogens with one attached hydrogen (secondary N) is 1. The second-order valence-electron chi connectivity index (χ2n) is 3.70. The van der Waals surface area contributed by atoms with Crippen molar-refractivity contribution in [1.82, 2.24) is 9.97 Å². The molecule has 0 radical (unpaired) electrons. The number of benzene rings is 1. The van der Waals surface area contributed by atoms with Crippen LogP contribution in [0.1, 0.15) is 5.89 Å². The summed E-state index contributed by atoms with van der Waals surface area (Å²) >= 11 is 0. The lowest BCUT2D eigenvalue weighted by Crippen LogP contribution is -1.85. The molecule has 86 valence electrons. The largest absolute Gasteiger partial charge is 0.441 e. The zero-order valence-corrected chi connectivity index (χ0v) is 9.52. The van der Waals surface area contributed by atoms with Gasteiger partial charge < -0.3 is 14.2 Å². The highest BCUT2D eigenvalue weighted by Crippen LogP contribution is 2.26. The number of fused-ring (bicyclic) bond motifs is 1. The molecule has 0 bridgehead atoms. The van der Waals surface area contributed by atoms with Crippen LogP contribution in [0, 0.1) is 6.92 Å². The highest BCUT2D eigenvalue weighted by molar-refractivity contribution is 5.78. The van der Waals surface area contributed by atoms with Crippen molar-refractivity contribution in [2.45, 2.75) is 6.92 Å². The highest BCUT2D eigenvalue weighted by Gasteiger charge is 2.08. The summed E-state index contributed by atoms with van der Waals surface area (Å²) in [5.41, 5.74) is 2.52. The Hall–Kier alpha value is -2.30. The van der Waals surface area contributed by atoms with E-state index in [2.05, 4.69) is 15.3 Å². The van der Waals surface area contributed by atoms with Crippen LogP contribution < -0.4 is 5.32 Å².